The van der Waals surface area contributed by atoms with Gasteiger partial charge in [0, 0.05) is 24.5 Å². The normalized spacial score (nSPS) is 14.9. The molecule has 1 saturated carbocycles. The molecule has 1 N–H and O–H groups in total. The van der Waals surface area contributed by atoms with Crippen molar-refractivity contribution < 1.29 is 0 Å². The van der Waals surface area contributed by atoms with Gasteiger partial charge in [-0.2, -0.15) is 0 Å². The summed E-state index contributed by atoms with van der Waals surface area (Å²) in [5, 5.41) is 3.44. The molecule has 2 heteroatoms. The standard InChI is InChI=1S/C19H24N2/c1-2-9-20-12-15-10-19(14-21-13-15)18-8-4-7-17(11-18)16-5-3-6-16/h4,7-8,10-11,13-14,16,20H,2-3,5-6,9,12H2,1H3. The molecule has 0 spiro atoms. The molecular formula is C19H24N2. The lowest BCUT2D eigenvalue weighted by Crippen LogP contribution is -2.13. The molecule has 1 fully saturated rings. The van der Waals surface area contributed by atoms with Crippen molar-refractivity contribution >= 4 is 0 Å². The van der Waals surface area contributed by atoms with Crippen LogP contribution < -0.4 is 5.32 Å². The van der Waals surface area contributed by atoms with Crippen LogP contribution in [0.1, 0.15) is 49.7 Å². The largest absolute Gasteiger partial charge is 0.313 e. The number of aromatic nitrogens is 1. The SMILES string of the molecule is CCCNCc1cncc(-c2cccc(C3CCC3)c2)c1. The van der Waals surface area contributed by atoms with Gasteiger partial charge in [-0.25, -0.2) is 0 Å². The van der Waals surface area contributed by atoms with E-state index in [0.29, 0.717) is 0 Å². The Morgan fingerprint density at radius 1 is 1.14 bits per heavy atom. The highest BCUT2D eigenvalue weighted by Gasteiger charge is 2.19. The van der Waals surface area contributed by atoms with E-state index in [1.807, 2.05) is 12.4 Å². The molecule has 3 rings (SSSR count). The fraction of sp³-hybridized carbons (Fsp3) is 0.421. The molecule has 0 unspecified atom stereocenters. The van der Waals surface area contributed by atoms with E-state index in [4.69, 9.17) is 0 Å². The van der Waals surface area contributed by atoms with Crippen LogP contribution in [0.4, 0.5) is 0 Å². The Morgan fingerprint density at radius 3 is 2.81 bits per heavy atom. The molecule has 21 heavy (non-hydrogen) atoms. The Hall–Kier alpha value is -1.67. The number of nitrogens with one attached hydrogen (secondary N) is 1. The Labute approximate surface area is 127 Å². The summed E-state index contributed by atoms with van der Waals surface area (Å²) in [6, 6.07) is 11.3. The van der Waals surface area contributed by atoms with Gasteiger partial charge in [0.05, 0.1) is 0 Å². The number of nitrogens with zero attached hydrogens (tertiary/aromatic N) is 1. The number of benzene rings is 1. The second-order valence-electron chi connectivity index (χ2n) is 6.01. The first-order valence-electron chi connectivity index (χ1n) is 8.12. The average molecular weight is 280 g/mol. The third-order valence-corrected chi connectivity index (χ3v) is 4.35. The van der Waals surface area contributed by atoms with Crippen molar-refractivity contribution in [1.82, 2.24) is 10.3 Å². The van der Waals surface area contributed by atoms with Crippen LogP contribution in [0.5, 0.6) is 0 Å². The second-order valence-corrected chi connectivity index (χ2v) is 6.01. The van der Waals surface area contributed by atoms with Crippen LogP contribution in [0.15, 0.2) is 42.7 Å². The maximum Gasteiger partial charge on any atom is 0.0346 e. The monoisotopic (exact) mass is 280 g/mol. The zero-order chi connectivity index (χ0) is 14.5. The maximum absolute atomic E-state index is 4.41. The fourth-order valence-corrected chi connectivity index (χ4v) is 2.87. The van der Waals surface area contributed by atoms with E-state index in [9.17, 15) is 0 Å². The van der Waals surface area contributed by atoms with Crippen molar-refractivity contribution in [3.63, 3.8) is 0 Å². The lowest BCUT2D eigenvalue weighted by atomic mass is 9.79. The Bertz CT molecular complexity index is 588. The molecule has 0 bridgehead atoms. The number of hydrogen-bond donors (Lipinski definition) is 1. The van der Waals surface area contributed by atoms with Crippen molar-refractivity contribution in [2.45, 2.75) is 45.1 Å². The molecule has 1 aromatic heterocycles. The topological polar surface area (TPSA) is 24.9 Å². The summed E-state index contributed by atoms with van der Waals surface area (Å²) in [6.45, 7) is 4.14. The quantitative estimate of drug-likeness (QED) is 0.787. The summed E-state index contributed by atoms with van der Waals surface area (Å²) in [6.07, 6.45) is 9.18. The van der Waals surface area contributed by atoms with Crippen molar-refractivity contribution in [1.29, 1.82) is 0 Å². The van der Waals surface area contributed by atoms with Crippen LogP contribution in [-0.4, -0.2) is 11.5 Å². The first-order chi connectivity index (χ1) is 10.4. The van der Waals surface area contributed by atoms with Gasteiger partial charge in [0.2, 0.25) is 0 Å². The molecule has 2 aromatic rings. The molecule has 110 valence electrons. The van der Waals surface area contributed by atoms with E-state index >= 15 is 0 Å². The molecule has 0 atom stereocenters. The first kappa shape index (κ1) is 14.3. The van der Waals surface area contributed by atoms with Crippen LogP contribution in [0.2, 0.25) is 0 Å². The predicted octanol–water partition coefficient (Wildman–Crippen LogP) is 4.52. The summed E-state index contributed by atoms with van der Waals surface area (Å²) in [4.78, 5) is 4.41. The van der Waals surface area contributed by atoms with E-state index in [-0.39, 0.29) is 0 Å². The lowest BCUT2D eigenvalue weighted by Gasteiger charge is -2.26. The van der Waals surface area contributed by atoms with Crippen molar-refractivity contribution in [3.8, 4) is 11.1 Å². The van der Waals surface area contributed by atoms with E-state index in [0.717, 1.165) is 25.4 Å². The summed E-state index contributed by atoms with van der Waals surface area (Å²) in [7, 11) is 0. The van der Waals surface area contributed by atoms with Gasteiger partial charge in [-0.05, 0) is 54.5 Å². The predicted molar refractivity (Wildman–Crippen MR) is 88.3 cm³/mol. The zero-order valence-electron chi connectivity index (χ0n) is 12.8. The number of hydrogen-bond acceptors (Lipinski definition) is 2. The average Bonchev–Trinajstić information content (AvgIpc) is 2.47. The minimum atomic E-state index is 0.785. The van der Waals surface area contributed by atoms with Gasteiger partial charge in [0.15, 0.2) is 0 Å². The molecule has 1 aromatic carbocycles. The van der Waals surface area contributed by atoms with E-state index in [1.54, 1.807) is 0 Å². The Balaban J connectivity index is 1.77. The van der Waals surface area contributed by atoms with E-state index < -0.39 is 0 Å². The lowest BCUT2D eigenvalue weighted by molar-refractivity contribution is 0.420. The Morgan fingerprint density at radius 2 is 2.05 bits per heavy atom. The molecule has 2 nitrogen and oxygen atoms in total. The maximum atomic E-state index is 4.41. The van der Waals surface area contributed by atoms with Crippen molar-refractivity contribution in [2.75, 3.05) is 6.54 Å². The molecule has 1 aliphatic carbocycles. The highest BCUT2D eigenvalue weighted by Crippen LogP contribution is 2.37. The molecule has 0 aliphatic heterocycles. The fourth-order valence-electron chi connectivity index (χ4n) is 2.87. The van der Waals surface area contributed by atoms with Gasteiger partial charge in [0.1, 0.15) is 0 Å². The third kappa shape index (κ3) is 3.51. The van der Waals surface area contributed by atoms with Gasteiger partial charge in [-0.1, -0.05) is 37.6 Å². The van der Waals surface area contributed by atoms with Gasteiger partial charge >= 0.3 is 0 Å². The molecule has 0 saturated heterocycles. The number of pyridine rings is 1. The summed E-state index contributed by atoms with van der Waals surface area (Å²) in [5.41, 5.74) is 5.28. The summed E-state index contributed by atoms with van der Waals surface area (Å²) < 4.78 is 0. The smallest absolute Gasteiger partial charge is 0.0346 e. The molecular weight excluding hydrogens is 256 g/mol. The van der Waals surface area contributed by atoms with Gasteiger partial charge in [0.25, 0.3) is 0 Å². The van der Waals surface area contributed by atoms with Gasteiger partial charge < -0.3 is 5.32 Å². The van der Waals surface area contributed by atoms with Gasteiger partial charge in [-0.3, -0.25) is 4.98 Å². The molecule has 0 amide bonds. The minimum absolute atomic E-state index is 0.785. The summed E-state index contributed by atoms with van der Waals surface area (Å²) in [5.74, 6) is 0.785. The molecule has 0 radical (unpaired) electrons. The molecule has 1 aliphatic rings. The van der Waals surface area contributed by atoms with E-state index in [1.165, 1.54) is 41.5 Å². The Kier molecular flexibility index (Phi) is 4.66. The van der Waals surface area contributed by atoms with Gasteiger partial charge in [-0.15, -0.1) is 0 Å². The second kappa shape index (κ2) is 6.86. The third-order valence-electron chi connectivity index (χ3n) is 4.35. The van der Waals surface area contributed by atoms with Crippen LogP contribution in [0.25, 0.3) is 11.1 Å². The van der Waals surface area contributed by atoms with Crippen molar-refractivity contribution in [3.05, 3.63) is 53.9 Å². The van der Waals surface area contributed by atoms with Crippen LogP contribution in [0.3, 0.4) is 0 Å². The van der Waals surface area contributed by atoms with Crippen molar-refractivity contribution in [2.24, 2.45) is 0 Å². The highest BCUT2D eigenvalue weighted by atomic mass is 14.8. The zero-order valence-corrected chi connectivity index (χ0v) is 12.8. The van der Waals surface area contributed by atoms with Crippen LogP contribution >= 0.6 is 0 Å². The van der Waals surface area contributed by atoms with Crippen LogP contribution in [-0.2, 0) is 6.54 Å². The van der Waals surface area contributed by atoms with E-state index in [2.05, 4.69) is 47.6 Å². The first-order valence-corrected chi connectivity index (χ1v) is 8.12. The number of rotatable bonds is 6. The summed E-state index contributed by atoms with van der Waals surface area (Å²) >= 11 is 0. The van der Waals surface area contributed by atoms with Crippen LogP contribution in [0, 0.1) is 0 Å². The highest BCUT2D eigenvalue weighted by molar-refractivity contribution is 5.64. The minimum Gasteiger partial charge on any atom is -0.313 e. The molecule has 1 heterocycles.